The Hall–Kier alpha value is -10.8. The summed E-state index contributed by atoms with van der Waals surface area (Å²) in [6, 6.07) is 50.9. The van der Waals surface area contributed by atoms with Crippen LogP contribution < -0.4 is 37.2 Å². The van der Waals surface area contributed by atoms with Crippen LogP contribution in [0.5, 0.6) is 0 Å². The minimum atomic E-state index is -4.70. The number of rotatable bonds is 38. The zero-order chi connectivity index (χ0) is 81.4. The molecule has 0 unspecified atom stereocenters. The van der Waals surface area contributed by atoms with Gasteiger partial charge in [0.15, 0.2) is 5.71 Å². The van der Waals surface area contributed by atoms with Gasteiger partial charge >= 0.3 is 0 Å². The second kappa shape index (κ2) is 37.6. The van der Waals surface area contributed by atoms with E-state index in [4.69, 9.17) is 10.7 Å². The third kappa shape index (κ3) is 20.6. The summed E-state index contributed by atoms with van der Waals surface area (Å²) < 4.78 is 72.3. The van der Waals surface area contributed by atoms with Crippen molar-refractivity contribution in [2.45, 2.75) is 127 Å². The lowest BCUT2D eigenvalue weighted by atomic mass is 9.81. The average molecular weight is 1590 g/mol. The van der Waals surface area contributed by atoms with E-state index in [0.29, 0.717) is 56.6 Å². The fraction of sp³-hybridized carbons (Fsp3) is 0.330. The Bertz CT molecular complexity index is 5570. The third-order valence-electron chi connectivity index (χ3n) is 22.1. The number of carbonyl (C=O) groups is 3. The Morgan fingerprint density at radius 2 is 1.16 bits per heavy atom. The maximum Gasteiger partial charge on any atom is 0.294 e. The van der Waals surface area contributed by atoms with Crippen LogP contribution in [0.1, 0.15) is 136 Å². The first-order valence-electron chi connectivity index (χ1n) is 39.8. The summed E-state index contributed by atoms with van der Waals surface area (Å²) in [6.07, 6.45) is 20.1. The van der Waals surface area contributed by atoms with Crippen molar-refractivity contribution in [1.29, 1.82) is 0 Å². The van der Waals surface area contributed by atoms with Crippen molar-refractivity contribution in [3.63, 3.8) is 0 Å². The van der Waals surface area contributed by atoms with Crippen LogP contribution in [0.15, 0.2) is 222 Å². The number of benzene rings is 7. The lowest BCUT2D eigenvalue weighted by Crippen LogP contribution is -2.35. The molecule has 3 amide bonds. The molecular weight excluding hydrogens is 1480 g/mol. The molecule has 3 aromatic heterocycles. The summed E-state index contributed by atoms with van der Waals surface area (Å²) in [4.78, 5) is 60.3. The topological polar surface area (TPSA) is 300 Å². The molecule has 0 aliphatic carbocycles. The molecule has 12 rings (SSSR count). The zero-order valence-electron chi connectivity index (χ0n) is 66.7. The monoisotopic (exact) mass is 1590 g/mol. The summed E-state index contributed by atoms with van der Waals surface area (Å²) in [5.74, 6) is -0.501. The van der Waals surface area contributed by atoms with Gasteiger partial charge in [0.1, 0.15) is 22.4 Å². The molecule has 0 saturated heterocycles. The number of nitrogens with two attached hydrogens (primary N) is 1. The van der Waals surface area contributed by atoms with Gasteiger partial charge in [-0.25, -0.2) is 13.4 Å². The van der Waals surface area contributed by atoms with Gasteiger partial charge in [0.25, 0.3) is 21.9 Å². The SMILES string of the molecule is CCN(CCN)CCCCNc1ccnc2cc(-c3ccc(CNC(=O)c4ccc5nc(C(=O)NCc6ccc(-c7ccc8c(NCCCCN(CC)CCNC(=O)CCCCC[N+]9=C(/C=C/C=C/C=C%10\N(C)c%11ccc(S(=O)(=O)O)cc%11C%10(C)C)C(C)(C)c%10cc(S(=O)(=O)[O-])ccc%109)ccnc8c7)cc6)ccc5c4)cc3)ccc12. The highest BCUT2D eigenvalue weighted by Crippen LogP contribution is 2.48. The summed E-state index contributed by atoms with van der Waals surface area (Å²) in [6.45, 7) is 22.0. The molecule has 0 bridgehead atoms. The minimum absolute atomic E-state index is 0.0110. The van der Waals surface area contributed by atoms with Crippen molar-refractivity contribution in [2.24, 2.45) is 5.73 Å². The smallest absolute Gasteiger partial charge is 0.294 e. The number of pyridine rings is 3. The predicted molar refractivity (Wildman–Crippen MR) is 460 cm³/mol. The minimum Gasteiger partial charge on any atom is -0.744 e. The number of hydrogen-bond acceptors (Lipinski definition) is 17. The number of unbranched alkanes of at least 4 members (excludes halogenated alkanes) is 4. The Morgan fingerprint density at radius 1 is 0.565 bits per heavy atom. The first kappa shape index (κ1) is 83.6. The van der Waals surface area contributed by atoms with Crippen LogP contribution in [0.25, 0.3) is 55.0 Å². The van der Waals surface area contributed by atoms with E-state index in [9.17, 15) is 40.3 Å². The molecule has 0 spiro atoms. The third-order valence-corrected chi connectivity index (χ3v) is 23.8. The van der Waals surface area contributed by atoms with E-state index in [1.165, 1.54) is 24.3 Å². The summed E-state index contributed by atoms with van der Waals surface area (Å²) >= 11 is 0. The molecule has 8 N–H and O–H groups in total. The Morgan fingerprint density at radius 3 is 1.76 bits per heavy atom. The van der Waals surface area contributed by atoms with E-state index >= 15 is 0 Å². The van der Waals surface area contributed by atoms with Crippen molar-refractivity contribution >= 4 is 99.1 Å². The van der Waals surface area contributed by atoms with E-state index in [1.54, 1.807) is 36.4 Å². The fourth-order valence-electron chi connectivity index (χ4n) is 15.5. The largest absolute Gasteiger partial charge is 0.744 e. The fourth-order valence-corrected chi connectivity index (χ4v) is 16.5. The molecule has 24 heteroatoms. The second-order valence-electron chi connectivity index (χ2n) is 30.6. The number of aromatic nitrogens is 3. The normalized spacial score (nSPS) is 14.3. The van der Waals surface area contributed by atoms with Gasteiger partial charge in [-0.2, -0.15) is 13.0 Å². The number of allylic oxidation sites excluding steroid dienone is 6. The van der Waals surface area contributed by atoms with Gasteiger partial charge in [0.05, 0.1) is 31.8 Å². The molecule has 0 radical (unpaired) electrons. The van der Waals surface area contributed by atoms with Crippen molar-refractivity contribution in [1.82, 2.24) is 40.7 Å². The van der Waals surface area contributed by atoms with Crippen LogP contribution in [-0.2, 0) is 49.0 Å². The quantitative estimate of drug-likeness (QED) is 0.00819. The van der Waals surface area contributed by atoms with Crippen LogP contribution in [0.2, 0.25) is 0 Å². The van der Waals surface area contributed by atoms with Gasteiger partial charge in [0, 0.05) is 152 Å². The van der Waals surface area contributed by atoms with Crippen molar-refractivity contribution in [2.75, 3.05) is 94.6 Å². The number of carbonyl (C=O) groups excluding carboxylic acids is 3. The average Bonchev–Trinajstić information content (AvgIpc) is 1.59. The molecule has 2 aliphatic heterocycles. The van der Waals surface area contributed by atoms with E-state index in [0.717, 1.165) is 197 Å². The first-order valence-corrected chi connectivity index (χ1v) is 42.7. The Kier molecular flexibility index (Phi) is 27.4. The van der Waals surface area contributed by atoms with Gasteiger partial charge in [-0.05, 0) is 202 Å². The summed E-state index contributed by atoms with van der Waals surface area (Å²) in [5.41, 5.74) is 20.9. The van der Waals surface area contributed by atoms with Gasteiger partial charge < -0.3 is 51.6 Å². The van der Waals surface area contributed by atoms with Crippen LogP contribution in [0.4, 0.5) is 22.7 Å². The number of fused-ring (bicyclic) bond motifs is 5. The molecule has 5 heterocycles. The van der Waals surface area contributed by atoms with Crippen molar-refractivity contribution in [3.05, 3.63) is 246 Å². The van der Waals surface area contributed by atoms with Gasteiger partial charge in [-0.3, -0.25) is 28.9 Å². The van der Waals surface area contributed by atoms with Crippen molar-refractivity contribution < 1.29 is 44.9 Å². The number of nitrogens with zero attached hydrogens (tertiary/aromatic N) is 7. The van der Waals surface area contributed by atoms with Gasteiger partial charge in [0.2, 0.25) is 11.6 Å². The van der Waals surface area contributed by atoms with Crippen LogP contribution in [0.3, 0.4) is 0 Å². The highest BCUT2D eigenvalue weighted by molar-refractivity contribution is 7.86. The Balaban J connectivity index is 0.542. The van der Waals surface area contributed by atoms with Crippen molar-refractivity contribution in [3.8, 4) is 22.3 Å². The molecule has 7 aromatic carbocycles. The van der Waals surface area contributed by atoms with E-state index in [2.05, 4.69) is 113 Å². The van der Waals surface area contributed by atoms with Gasteiger partial charge in [-0.15, -0.1) is 0 Å². The molecule has 22 nitrogen and oxygen atoms in total. The maximum atomic E-state index is 13.4. The van der Waals surface area contributed by atoms with E-state index in [-0.39, 0.29) is 33.2 Å². The number of nitrogens with one attached hydrogen (secondary N) is 5. The molecule has 2 aliphatic rings. The molecular formula is C91H105N13O9S2. The lowest BCUT2D eigenvalue weighted by Gasteiger charge is -2.23. The molecule has 0 fully saturated rings. The molecule has 0 saturated carbocycles. The standard InChI is InChI=1S/C91H105N13O9S2/c1-8-102(54-45-92)51-18-15-46-93-78-43-48-95-81-57-67(31-37-73(78)81)65-27-23-63(24-28-65)61-98-88(106)70-34-39-77-69(56-70)33-40-80(100-77)89(107)99-62-64-25-29-66(30-26-64)68-32-38-74-79(44-49-96-82(74)58-68)94-47-16-19-52-103(9-2)55-50-97-87(105)22-14-11-17-53-104-84-42-36-72(115(111,112)113)60-76(84)91(5,6)86(104)21-13-10-12-20-85-90(3,4)75-59-71(114(108,109)110)35-41-83(75)101(85)7/h10,12-13,20-21,23-44,48-49,56-60H,8-9,11,14-19,22,45-47,50-55,61-62,92H2,1-7H3,(H6-,93,94,95,96,97,98,99,105,106,107,108,109,110,111,112,113). The van der Waals surface area contributed by atoms with E-state index in [1.807, 2.05) is 137 Å². The van der Waals surface area contributed by atoms with Crippen LogP contribution >= 0.6 is 0 Å². The molecule has 115 heavy (non-hydrogen) atoms. The highest BCUT2D eigenvalue weighted by Gasteiger charge is 2.45. The number of likely N-dealkylation sites (N-methyl/N-ethyl adjacent to an activating group) is 3. The maximum absolute atomic E-state index is 13.4. The second-order valence-corrected chi connectivity index (χ2v) is 33.4. The predicted octanol–water partition coefficient (Wildman–Crippen LogP) is 14.8. The zero-order valence-corrected chi connectivity index (χ0v) is 68.3. The summed E-state index contributed by atoms with van der Waals surface area (Å²) in [7, 11) is -7.16. The van der Waals surface area contributed by atoms with Crippen LogP contribution in [-0.4, -0.2) is 158 Å². The number of amides is 3. The van der Waals surface area contributed by atoms with Gasteiger partial charge in [-0.1, -0.05) is 125 Å². The molecule has 600 valence electrons. The lowest BCUT2D eigenvalue weighted by molar-refractivity contribution is -0.438. The van der Waals surface area contributed by atoms with E-state index < -0.39 is 31.1 Å². The number of hydrogen-bond donors (Lipinski definition) is 7. The number of anilines is 3. The molecule has 10 aromatic rings. The highest BCUT2D eigenvalue weighted by atomic mass is 32.2. The van der Waals surface area contributed by atoms with Crippen LogP contribution in [0, 0.1) is 0 Å². The Labute approximate surface area is 675 Å². The first-order chi connectivity index (χ1) is 55.3. The summed E-state index contributed by atoms with van der Waals surface area (Å²) in [5, 5.41) is 19.3. The molecule has 0 atom stereocenters.